The monoisotopic (exact) mass is 321 g/mol. The average molecular weight is 321 g/mol. The Balaban J connectivity index is 1.64. The van der Waals surface area contributed by atoms with Crippen LogP contribution in [-0.4, -0.2) is 15.9 Å². The van der Waals surface area contributed by atoms with Crippen LogP contribution in [0.2, 0.25) is 0 Å². The van der Waals surface area contributed by atoms with Crippen molar-refractivity contribution < 1.29 is 4.79 Å². The van der Waals surface area contributed by atoms with Crippen molar-refractivity contribution >= 4 is 29.0 Å². The number of anilines is 1. The van der Waals surface area contributed by atoms with E-state index in [-0.39, 0.29) is 5.91 Å². The Morgan fingerprint density at radius 2 is 2.04 bits per heavy atom. The van der Waals surface area contributed by atoms with Gasteiger partial charge in [-0.3, -0.25) is 9.78 Å². The van der Waals surface area contributed by atoms with Gasteiger partial charge in [0.25, 0.3) is 0 Å². The standard InChI is InChI=1S/C18H15N3OS/c1-13-20-17(12-23-13)15-5-7-16(8-6-15)21-18(22)9-4-14-3-2-10-19-11-14/h2-12H,1H3,(H,21,22)/b9-4+. The van der Waals surface area contributed by atoms with Gasteiger partial charge in [-0.2, -0.15) is 0 Å². The normalized spacial score (nSPS) is 10.8. The Labute approximate surface area is 138 Å². The molecular formula is C18H15N3OS. The molecule has 0 bridgehead atoms. The molecule has 0 atom stereocenters. The summed E-state index contributed by atoms with van der Waals surface area (Å²) in [5.41, 5.74) is 3.64. The van der Waals surface area contributed by atoms with Gasteiger partial charge in [-0.15, -0.1) is 11.3 Å². The number of aromatic nitrogens is 2. The van der Waals surface area contributed by atoms with Crippen LogP contribution in [0.3, 0.4) is 0 Å². The van der Waals surface area contributed by atoms with Crippen LogP contribution in [0, 0.1) is 6.92 Å². The minimum atomic E-state index is -0.175. The van der Waals surface area contributed by atoms with Crippen LogP contribution in [0.15, 0.2) is 60.2 Å². The quantitative estimate of drug-likeness (QED) is 0.734. The summed E-state index contributed by atoms with van der Waals surface area (Å²) in [5.74, 6) is -0.175. The van der Waals surface area contributed by atoms with Crippen LogP contribution in [0.5, 0.6) is 0 Å². The second kappa shape index (κ2) is 6.98. The van der Waals surface area contributed by atoms with E-state index < -0.39 is 0 Å². The molecule has 1 N–H and O–H groups in total. The van der Waals surface area contributed by atoms with Gasteiger partial charge in [-0.05, 0) is 36.8 Å². The number of benzene rings is 1. The van der Waals surface area contributed by atoms with Gasteiger partial charge in [0.05, 0.1) is 10.7 Å². The summed E-state index contributed by atoms with van der Waals surface area (Å²) >= 11 is 1.62. The summed E-state index contributed by atoms with van der Waals surface area (Å²) in [6.45, 7) is 1.98. The molecule has 2 heterocycles. The number of pyridine rings is 1. The van der Waals surface area contributed by atoms with Gasteiger partial charge in [0, 0.05) is 35.1 Å². The first kappa shape index (κ1) is 15.1. The van der Waals surface area contributed by atoms with Crippen molar-refractivity contribution in [3.63, 3.8) is 0 Å². The zero-order valence-electron chi connectivity index (χ0n) is 12.6. The van der Waals surface area contributed by atoms with Gasteiger partial charge in [-0.25, -0.2) is 4.98 Å². The Kier molecular flexibility index (Phi) is 4.59. The van der Waals surface area contributed by atoms with Gasteiger partial charge in [-0.1, -0.05) is 18.2 Å². The molecule has 0 aliphatic heterocycles. The van der Waals surface area contributed by atoms with Crippen molar-refractivity contribution in [1.29, 1.82) is 0 Å². The number of nitrogens with one attached hydrogen (secondary N) is 1. The van der Waals surface area contributed by atoms with Gasteiger partial charge in [0.2, 0.25) is 5.91 Å². The van der Waals surface area contributed by atoms with Gasteiger partial charge < -0.3 is 5.32 Å². The summed E-state index contributed by atoms with van der Waals surface area (Å²) in [6.07, 6.45) is 6.63. The number of thiazole rings is 1. The Morgan fingerprint density at radius 3 is 2.70 bits per heavy atom. The van der Waals surface area contributed by atoms with Gasteiger partial charge in [0.1, 0.15) is 0 Å². The lowest BCUT2D eigenvalue weighted by atomic mass is 10.1. The zero-order valence-corrected chi connectivity index (χ0v) is 13.4. The molecule has 0 radical (unpaired) electrons. The number of rotatable bonds is 4. The molecule has 4 nitrogen and oxygen atoms in total. The highest BCUT2D eigenvalue weighted by atomic mass is 32.1. The second-order valence-electron chi connectivity index (χ2n) is 4.94. The van der Waals surface area contributed by atoms with Crippen molar-refractivity contribution in [3.05, 3.63) is 70.8 Å². The molecule has 114 valence electrons. The van der Waals surface area contributed by atoms with Crippen molar-refractivity contribution in [1.82, 2.24) is 9.97 Å². The number of carbonyl (C=O) groups excluding carboxylic acids is 1. The highest BCUT2D eigenvalue weighted by Crippen LogP contribution is 2.23. The Morgan fingerprint density at radius 1 is 1.22 bits per heavy atom. The topological polar surface area (TPSA) is 54.9 Å². The minimum Gasteiger partial charge on any atom is -0.323 e. The molecule has 0 unspecified atom stereocenters. The van der Waals surface area contributed by atoms with Crippen LogP contribution in [0.1, 0.15) is 10.6 Å². The largest absolute Gasteiger partial charge is 0.323 e. The Bertz CT molecular complexity index is 823. The van der Waals surface area contributed by atoms with E-state index in [1.165, 1.54) is 6.08 Å². The van der Waals surface area contributed by atoms with E-state index in [0.29, 0.717) is 0 Å². The molecular weight excluding hydrogens is 306 g/mol. The molecule has 1 aromatic carbocycles. The molecule has 3 rings (SSSR count). The molecule has 0 aliphatic rings. The summed E-state index contributed by atoms with van der Waals surface area (Å²) in [7, 11) is 0. The highest BCUT2D eigenvalue weighted by molar-refractivity contribution is 7.09. The van der Waals surface area contributed by atoms with Crippen LogP contribution in [0.4, 0.5) is 5.69 Å². The number of aryl methyl sites for hydroxylation is 1. The maximum absolute atomic E-state index is 11.9. The molecule has 5 heteroatoms. The van der Waals surface area contributed by atoms with E-state index in [1.54, 1.807) is 29.8 Å². The van der Waals surface area contributed by atoms with Crippen LogP contribution in [0.25, 0.3) is 17.3 Å². The predicted octanol–water partition coefficient (Wildman–Crippen LogP) is 4.17. The number of carbonyl (C=O) groups is 1. The molecule has 2 aromatic heterocycles. The number of nitrogens with zero attached hydrogens (tertiary/aromatic N) is 2. The van der Waals surface area contributed by atoms with Crippen molar-refractivity contribution in [2.75, 3.05) is 5.32 Å². The number of hydrogen-bond donors (Lipinski definition) is 1. The summed E-state index contributed by atoms with van der Waals surface area (Å²) < 4.78 is 0. The van der Waals surface area contributed by atoms with E-state index in [0.717, 1.165) is 27.5 Å². The summed E-state index contributed by atoms with van der Waals surface area (Å²) in [5, 5.41) is 5.90. The fourth-order valence-corrected chi connectivity index (χ4v) is 2.67. The SMILES string of the molecule is Cc1nc(-c2ccc(NC(=O)/C=C/c3cccnc3)cc2)cs1. The molecule has 0 aliphatic carbocycles. The average Bonchev–Trinajstić information content (AvgIpc) is 3.01. The summed E-state index contributed by atoms with van der Waals surface area (Å²) in [6, 6.07) is 11.4. The van der Waals surface area contributed by atoms with Crippen LogP contribution in [-0.2, 0) is 4.79 Å². The van der Waals surface area contributed by atoms with Crippen LogP contribution >= 0.6 is 11.3 Å². The fourth-order valence-electron chi connectivity index (χ4n) is 2.05. The maximum Gasteiger partial charge on any atom is 0.248 e. The molecule has 23 heavy (non-hydrogen) atoms. The molecule has 3 aromatic rings. The van der Waals surface area contributed by atoms with E-state index in [1.807, 2.05) is 48.7 Å². The maximum atomic E-state index is 11.9. The number of amides is 1. The molecule has 0 spiro atoms. The zero-order chi connectivity index (χ0) is 16.1. The van der Waals surface area contributed by atoms with E-state index in [9.17, 15) is 4.79 Å². The molecule has 0 saturated heterocycles. The van der Waals surface area contributed by atoms with Crippen molar-refractivity contribution in [3.8, 4) is 11.3 Å². The smallest absolute Gasteiger partial charge is 0.248 e. The fraction of sp³-hybridized carbons (Fsp3) is 0.0556. The lowest BCUT2D eigenvalue weighted by molar-refractivity contribution is -0.111. The molecule has 0 fully saturated rings. The third-order valence-corrected chi connectivity index (χ3v) is 3.95. The summed E-state index contributed by atoms with van der Waals surface area (Å²) in [4.78, 5) is 20.4. The molecule has 1 amide bonds. The van der Waals surface area contributed by atoms with E-state index in [4.69, 9.17) is 0 Å². The lowest BCUT2D eigenvalue weighted by Crippen LogP contribution is -2.07. The first-order chi connectivity index (χ1) is 11.2. The van der Waals surface area contributed by atoms with Crippen molar-refractivity contribution in [2.45, 2.75) is 6.92 Å². The number of hydrogen-bond acceptors (Lipinski definition) is 4. The first-order valence-corrected chi connectivity index (χ1v) is 8.00. The Hall–Kier alpha value is -2.79. The minimum absolute atomic E-state index is 0.175. The third-order valence-electron chi connectivity index (χ3n) is 3.18. The van der Waals surface area contributed by atoms with E-state index >= 15 is 0 Å². The van der Waals surface area contributed by atoms with E-state index in [2.05, 4.69) is 15.3 Å². The van der Waals surface area contributed by atoms with Gasteiger partial charge in [0.15, 0.2) is 0 Å². The van der Waals surface area contributed by atoms with Crippen LogP contribution < -0.4 is 5.32 Å². The highest BCUT2D eigenvalue weighted by Gasteiger charge is 2.03. The molecule has 0 saturated carbocycles. The lowest BCUT2D eigenvalue weighted by Gasteiger charge is -2.03. The van der Waals surface area contributed by atoms with Crippen molar-refractivity contribution in [2.24, 2.45) is 0 Å². The third kappa shape index (κ3) is 4.11. The van der Waals surface area contributed by atoms with Gasteiger partial charge >= 0.3 is 0 Å². The second-order valence-corrected chi connectivity index (χ2v) is 6.00. The first-order valence-electron chi connectivity index (χ1n) is 7.12. The predicted molar refractivity (Wildman–Crippen MR) is 94.2 cm³/mol.